The molecule has 1 N–H and O–H groups in total. The summed E-state index contributed by atoms with van der Waals surface area (Å²) in [5, 5.41) is 12.1. The van der Waals surface area contributed by atoms with Crippen LogP contribution in [-0.2, 0) is 11.3 Å². The molecule has 0 saturated heterocycles. The van der Waals surface area contributed by atoms with Crippen LogP contribution < -0.4 is 10.1 Å². The number of hydrogen-bond acceptors (Lipinski definition) is 4. The van der Waals surface area contributed by atoms with Crippen molar-refractivity contribution in [1.82, 2.24) is 14.9 Å². The van der Waals surface area contributed by atoms with E-state index in [1.165, 1.54) is 18.5 Å². The first-order chi connectivity index (χ1) is 13.8. The van der Waals surface area contributed by atoms with Crippen molar-refractivity contribution in [3.63, 3.8) is 0 Å². The van der Waals surface area contributed by atoms with Crippen LogP contribution in [0.1, 0.15) is 24.1 Å². The van der Waals surface area contributed by atoms with Gasteiger partial charge in [0.25, 0.3) is 0 Å². The van der Waals surface area contributed by atoms with Crippen LogP contribution in [0.2, 0.25) is 0 Å². The lowest BCUT2D eigenvalue weighted by Crippen LogP contribution is -2.30. The lowest BCUT2D eigenvalue weighted by atomic mass is 10.1. The Morgan fingerprint density at radius 1 is 1.28 bits per heavy atom. The summed E-state index contributed by atoms with van der Waals surface area (Å²) in [6.07, 6.45) is -2.90. The second-order valence-corrected chi connectivity index (χ2v) is 6.42. The molecular weight excluding hydrogens is 385 g/mol. The lowest BCUT2D eigenvalue weighted by molar-refractivity contribution is -0.153. The summed E-state index contributed by atoms with van der Waals surface area (Å²) in [4.78, 5) is 16.6. The van der Waals surface area contributed by atoms with Gasteiger partial charge in [0.15, 0.2) is 6.61 Å². The number of amides is 1. The number of ether oxygens (including phenoxy) is 1. The number of benzene rings is 2. The molecule has 1 heterocycles. The van der Waals surface area contributed by atoms with Crippen LogP contribution in [0, 0.1) is 11.3 Å². The molecule has 0 radical (unpaired) electrons. The molecule has 1 amide bonds. The molecule has 3 rings (SSSR count). The Bertz CT molecular complexity index is 1050. The van der Waals surface area contributed by atoms with Crippen molar-refractivity contribution in [1.29, 1.82) is 5.26 Å². The lowest BCUT2D eigenvalue weighted by Gasteiger charge is -2.16. The minimum Gasteiger partial charge on any atom is -0.484 e. The van der Waals surface area contributed by atoms with Crippen LogP contribution >= 0.6 is 0 Å². The number of carbonyl (C=O) groups is 1. The maximum atomic E-state index is 12.4. The van der Waals surface area contributed by atoms with E-state index in [9.17, 15) is 23.2 Å². The number of nitrogens with zero attached hydrogens (tertiary/aromatic N) is 3. The zero-order chi connectivity index (χ0) is 21.0. The Kier molecular flexibility index (Phi) is 5.73. The minimum absolute atomic E-state index is 0.0215. The van der Waals surface area contributed by atoms with Gasteiger partial charge >= 0.3 is 6.18 Å². The summed E-state index contributed by atoms with van der Waals surface area (Å²) in [7, 11) is 0. The highest BCUT2D eigenvalue weighted by Gasteiger charge is 2.28. The van der Waals surface area contributed by atoms with Crippen molar-refractivity contribution >= 4 is 16.9 Å². The summed E-state index contributed by atoms with van der Waals surface area (Å²) in [5.74, 6) is -0.194. The van der Waals surface area contributed by atoms with Gasteiger partial charge in [-0.2, -0.15) is 18.4 Å². The summed E-state index contributed by atoms with van der Waals surface area (Å²) in [6.45, 7) is 0.380. The number of rotatable bonds is 6. The molecule has 0 spiro atoms. The molecule has 0 aliphatic heterocycles. The maximum Gasteiger partial charge on any atom is 0.422 e. The molecule has 0 saturated carbocycles. The Morgan fingerprint density at radius 2 is 2.00 bits per heavy atom. The number of aromatic nitrogens is 2. The van der Waals surface area contributed by atoms with Gasteiger partial charge in [0.05, 0.1) is 29.0 Å². The minimum atomic E-state index is -4.40. The highest BCUT2D eigenvalue weighted by Crippen LogP contribution is 2.21. The van der Waals surface area contributed by atoms with Crippen molar-refractivity contribution in [2.45, 2.75) is 25.7 Å². The van der Waals surface area contributed by atoms with E-state index in [1.807, 2.05) is 0 Å². The first-order valence-corrected chi connectivity index (χ1v) is 8.69. The van der Waals surface area contributed by atoms with E-state index in [1.54, 1.807) is 41.8 Å². The molecule has 0 fully saturated rings. The zero-order valence-corrected chi connectivity index (χ0v) is 15.4. The first-order valence-electron chi connectivity index (χ1n) is 8.69. The fourth-order valence-electron chi connectivity index (χ4n) is 2.88. The van der Waals surface area contributed by atoms with Crippen LogP contribution in [0.4, 0.5) is 13.2 Å². The molecule has 0 aliphatic rings. The molecule has 1 aromatic heterocycles. The first kappa shape index (κ1) is 20.2. The number of hydrogen-bond donors (Lipinski definition) is 1. The van der Waals surface area contributed by atoms with Crippen molar-refractivity contribution in [3.05, 3.63) is 59.9 Å². The van der Waals surface area contributed by atoms with E-state index in [2.05, 4.69) is 21.1 Å². The van der Waals surface area contributed by atoms with Gasteiger partial charge < -0.3 is 14.6 Å². The van der Waals surface area contributed by atoms with Gasteiger partial charge in [0.2, 0.25) is 5.91 Å². The largest absolute Gasteiger partial charge is 0.484 e. The third-order valence-corrected chi connectivity index (χ3v) is 4.23. The molecule has 0 bridgehead atoms. The van der Waals surface area contributed by atoms with Crippen molar-refractivity contribution in [2.75, 3.05) is 6.61 Å². The zero-order valence-electron chi connectivity index (χ0n) is 15.4. The predicted octanol–water partition coefficient (Wildman–Crippen LogP) is 3.73. The Morgan fingerprint density at radius 3 is 2.66 bits per heavy atom. The Hall–Kier alpha value is -3.54. The number of nitriles is 1. The molecule has 9 heteroatoms. The number of halogens is 3. The van der Waals surface area contributed by atoms with Gasteiger partial charge in [0, 0.05) is 0 Å². The number of alkyl halides is 3. The van der Waals surface area contributed by atoms with Crippen molar-refractivity contribution in [3.8, 4) is 11.8 Å². The Balaban J connectivity index is 1.63. The van der Waals surface area contributed by atoms with Crippen LogP contribution in [0.15, 0.2) is 48.8 Å². The number of fused-ring (bicyclic) bond motifs is 1. The van der Waals surface area contributed by atoms with Gasteiger partial charge in [-0.15, -0.1) is 0 Å². The second-order valence-electron chi connectivity index (χ2n) is 6.42. The average Bonchev–Trinajstić information content (AvgIpc) is 3.09. The summed E-state index contributed by atoms with van der Waals surface area (Å²) < 4.78 is 42.9. The number of nitrogens with one attached hydrogen (secondary N) is 1. The number of imidazole rings is 1. The van der Waals surface area contributed by atoms with Crippen molar-refractivity contribution in [2.24, 2.45) is 0 Å². The fraction of sp³-hybridized carbons (Fsp3) is 0.250. The molecule has 1 unspecified atom stereocenters. The second kappa shape index (κ2) is 8.22. The van der Waals surface area contributed by atoms with Crippen LogP contribution in [0.3, 0.4) is 0 Å². The SMILES string of the molecule is CC(NC(=O)Cn1cnc2cccc(C#N)c21)c1ccc(OCC(F)(F)F)cc1. The molecule has 2 aromatic carbocycles. The van der Waals surface area contributed by atoms with E-state index >= 15 is 0 Å². The summed E-state index contributed by atoms with van der Waals surface area (Å²) >= 11 is 0. The van der Waals surface area contributed by atoms with Crippen LogP contribution in [0.5, 0.6) is 5.75 Å². The monoisotopic (exact) mass is 402 g/mol. The van der Waals surface area contributed by atoms with Gasteiger partial charge in [-0.3, -0.25) is 4.79 Å². The molecule has 1 atom stereocenters. The van der Waals surface area contributed by atoms with Gasteiger partial charge in [0.1, 0.15) is 18.4 Å². The molecular formula is C20H17F3N4O2. The number of para-hydroxylation sites is 1. The maximum absolute atomic E-state index is 12.4. The third kappa shape index (κ3) is 5.04. The molecule has 6 nitrogen and oxygen atoms in total. The predicted molar refractivity (Wildman–Crippen MR) is 99.0 cm³/mol. The highest BCUT2D eigenvalue weighted by atomic mass is 19.4. The van der Waals surface area contributed by atoms with Gasteiger partial charge in [-0.1, -0.05) is 18.2 Å². The van der Waals surface area contributed by atoms with E-state index in [-0.39, 0.29) is 24.2 Å². The molecule has 29 heavy (non-hydrogen) atoms. The normalized spacial score (nSPS) is 12.4. The quantitative estimate of drug-likeness (QED) is 0.681. The van der Waals surface area contributed by atoms with E-state index < -0.39 is 12.8 Å². The fourth-order valence-corrected chi connectivity index (χ4v) is 2.88. The van der Waals surface area contributed by atoms with E-state index in [0.29, 0.717) is 22.2 Å². The Labute approximate surface area is 164 Å². The average molecular weight is 402 g/mol. The summed E-state index contributed by atoms with van der Waals surface area (Å²) in [6, 6.07) is 12.9. The van der Waals surface area contributed by atoms with Crippen LogP contribution in [-0.4, -0.2) is 28.2 Å². The van der Waals surface area contributed by atoms with E-state index in [0.717, 1.165) is 0 Å². The molecule has 0 aliphatic carbocycles. The van der Waals surface area contributed by atoms with Gasteiger partial charge in [-0.25, -0.2) is 4.98 Å². The standard InChI is InChI=1S/C20H17F3N4O2/c1-13(14-5-7-16(8-6-14)29-11-20(21,22)23)26-18(28)10-27-12-25-17-4-2-3-15(9-24)19(17)27/h2-8,12-13H,10-11H2,1H3,(H,26,28). The molecule has 3 aromatic rings. The van der Waals surface area contributed by atoms with E-state index in [4.69, 9.17) is 0 Å². The topological polar surface area (TPSA) is 79.9 Å². The van der Waals surface area contributed by atoms with Gasteiger partial charge in [-0.05, 0) is 36.8 Å². The smallest absolute Gasteiger partial charge is 0.422 e. The van der Waals surface area contributed by atoms with Crippen molar-refractivity contribution < 1.29 is 22.7 Å². The third-order valence-electron chi connectivity index (χ3n) is 4.23. The summed E-state index contributed by atoms with van der Waals surface area (Å²) in [5.41, 5.74) is 2.35. The number of carbonyl (C=O) groups excluding carboxylic acids is 1. The van der Waals surface area contributed by atoms with Crippen LogP contribution in [0.25, 0.3) is 11.0 Å². The highest BCUT2D eigenvalue weighted by molar-refractivity contribution is 5.84. The molecule has 150 valence electrons.